The first-order chi connectivity index (χ1) is 10.8. The maximum absolute atomic E-state index is 12.9. The Morgan fingerprint density at radius 3 is 2.57 bits per heavy atom. The van der Waals surface area contributed by atoms with Crippen LogP contribution in [-0.4, -0.2) is 52.0 Å². The predicted molar refractivity (Wildman–Crippen MR) is 81.7 cm³/mol. The summed E-state index contributed by atoms with van der Waals surface area (Å²) in [4.78, 5) is 0.152. The zero-order valence-electron chi connectivity index (χ0n) is 12.6. The van der Waals surface area contributed by atoms with Crippen molar-refractivity contribution in [2.45, 2.75) is 23.5 Å². The molecule has 3 heterocycles. The Morgan fingerprint density at radius 1 is 1.17 bits per heavy atom. The van der Waals surface area contributed by atoms with Crippen LogP contribution < -0.4 is 9.47 Å². The number of sulfonamides is 1. The smallest absolute Gasteiger partial charge is 0.243 e. The Morgan fingerprint density at radius 2 is 1.87 bits per heavy atom. The van der Waals surface area contributed by atoms with E-state index in [1.165, 1.54) is 10.4 Å². The largest absolute Gasteiger partial charge is 0.454 e. The summed E-state index contributed by atoms with van der Waals surface area (Å²) < 4.78 is 61.7. The van der Waals surface area contributed by atoms with Gasteiger partial charge < -0.3 is 9.47 Å². The molecule has 0 aromatic heterocycles. The average Bonchev–Trinajstić information content (AvgIpc) is 3.15. The van der Waals surface area contributed by atoms with E-state index < -0.39 is 25.1 Å². The second-order valence-electron chi connectivity index (χ2n) is 6.25. The third-order valence-electron chi connectivity index (χ3n) is 4.87. The summed E-state index contributed by atoms with van der Waals surface area (Å²) in [5, 5.41) is -0.563. The average molecular weight is 359 g/mol. The van der Waals surface area contributed by atoms with Crippen LogP contribution in [0.5, 0.6) is 11.5 Å². The first kappa shape index (κ1) is 15.2. The Kier molecular flexibility index (Phi) is 3.20. The van der Waals surface area contributed by atoms with Gasteiger partial charge in [0.2, 0.25) is 16.8 Å². The van der Waals surface area contributed by atoms with Gasteiger partial charge in [-0.05, 0) is 30.9 Å². The van der Waals surface area contributed by atoms with Crippen LogP contribution in [0.3, 0.4) is 0 Å². The molecule has 0 amide bonds. The topological polar surface area (TPSA) is 90.0 Å². The molecule has 3 aliphatic heterocycles. The van der Waals surface area contributed by atoms with Crippen LogP contribution in [0.1, 0.15) is 12.0 Å². The van der Waals surface area contributed by atoms with E-state index in [2.05, 4.69) is 0 Å². The van der Waals surface area contributed by atoms with Crippen molar-refractivity contribution in [3.8, 4) is 11.5 Å². The van der Waals surface area contributed by atoms with Gasteiger partial charge in [0.15, 0.2) is 21.3 Å². The van der Waals surface area contributed by atoms with Crippen LogP contribution in [0, 0.1) is 12.8 Å². The quantitative estimate of drug-likeness (QED) is 0.765. The van der Waals surface area contributed by atoms with Crippen molar-refractivity contribution < 1.29 is 26.3 Å². The summed E-state index contributed by atoms with van der Waals surface area (Å²) in [6.45, 7) is 2.08. The fourth-order valence-corrected chi connectivity index (χ4v) is 7.58. The number of rotatable bonds is 2. The number of benzene rings is 1. The molecule has 1 aromatic carbocycles. The summed E-state index contributed by atoms with van der Waals surface area (Å²) in [5.74, 6) is 1.01. The molecule has 0 unspecified atom stereocenters. The summed E-state index contributed by atoms with van der Waals surface area (Å²) in [7, 11) is -6.92. The lowest BCUT2D eigenvalue weighted by Gasteiger charge is -2.19. The summed E-state index contributed by atoms with van der Waals surface area (Å²) in [5.41, 5.74) is 0.564. The van der Waals surface area contributed by atoms with Crippen molar-refractivity contribution in [3.63, 3.8) is 0 Å². The molecule has 0 spiro atoms. The second-order valence-corrected chi connectivity index (χ2v) is 10.5. The Bertz CT molecular complexity index is 877. The van der Waals surface area contributed by atoms with E-state index in [0.717, 1.165) is 0 Å². The molecule has 9 heteroatoms. The van der Waals surface area contributed by atoms with Gasteiger partial charge in [0.1, 0.15) is 0 Å². The van der Waals surface area contributed by atoms with Crippen LogP contribution in [0.25, 0.3) is 0 Å². The molecular weight excluding hydrogens is 342 g/mol. The van der Waals surface area contributed by atoms with Gasteiger partial charge in [0, 0.05) is 19.2 Å². The van der Waals surface area contributed by atoms with E-state index >= 15 is 0 Å². The number of ether oxygens (including phenoxy) is 2. The van der Waals surface area contributed by atoms with Crippen LogP contribution in [0.4, 0.5) is 0 Å². The van der Waals surface area contributed by atoms with Gasteiger partial charge in [-0.3, -0.25) is 0 Å². The highest BCUT2D eigenvalue weighted by atomic mass is 32.2. The highest BCUT2D eigenvalue weighted by Crippen LogP contribution is 2.40. The van der Waals surface area contributed by atoms with Gasteiger partial charge in [-0.15, -0.1) is 0 Å². The molecule has 0 bridgehead atoms. The number of fused-ring (bicyclic) bond motifs is 2. The van der Waals surface area contributed by atoms with E-state index in [4.69, 9.17) is 9.47 Å². The monoisotopic (exact) mass is 359 g/mol. The zero-order valence-corrected chi connectivity index (χ0v) is 14.2. The van der Waals surface area contributed by atoms with E-state index in [9.17, 15) is 16.8 Å². The van der Waals surface area contributed by atoms with E-state index in [1.54, 1.807) is 13.0 Å². The molecule has 23 heavy (non-hydrogen) atoms. The minimum absolute atomic E-state index is 0.0449. The number of hydrogen-bond acceptors (Lipinski definition) is 6. The third-order valence-corrected chi connectivity index (χ3v) is 9.10. The summed E-state index contributed by atoms with van der Waals surface area (Å²) >= 11 is 0. The lowest BCUT2D eigenvalue weighted by Crippen LogP contribution is -2.32. The van der Waals surface area contributed by atoms with Crippen molar-refractivity contribution in [2.24, 2.45) is 5.92 Å². The van der Waals surface area contributed by atoms with Gasteiger partial charge in [0.25, 0.3) is 0 Å². The van der Waals surface area contributed by atoms with Crippen LogP contribution >= 0.6 is 0 Å². The second kappa shape index (κ2) is 4.84. The maximum atomic E-state index is 12.9. The normalized spacial score (nSPS) is 28.9. The van der Waals surface area contributed by atoms with Gasteiger partial charge >= 0.3 is 0 Å². The molecule has 4 rings (SSSR count). The molecule has 126 valence electrons. The Balaban J connectivity index is 1.70. The number of sulfone groups is 1. The van der Waals surface area contributed by atoms with Crippen molar-refractivity contribution in [1.29, 1.82) is 0 Å². The van der Waals surface area contributed by atoms with Crippen LogP contribution in [0.15, 0.2) is 17.0 Å². The molecule has 0 saturated carbocycles. The maximum Gasteiger partial charge on any atom is 0.243 e. The molecule has 2 fully saturated rings. The number of aryl methyl sites for hydroxylation is 1. The molecule has 2 atom stereocenters. The highest BCUT2D eigenvalue weighted by molar-refractivity contribution is 7.92. The van der Waals surface area contributed by atoms with E-state index in [1.807, 2.05) is 0 Å². The Labute approximate surface area is 135 Å². The van der Waals surface area contributed by atoms with Crippen LogP contribution in [-0.2, 0) is 19.9 Å². The van der Waals surface area contributed by atoms with Gasteiger partial charge in [0.05, 0.1) is 15.9 Å². The lowest BCUT2D eigenvalue weighted by atomic mass is 10.1. The fraction of sp³-hybridized carbons (Fsp3) is 0.571. The molecule has 3 aliphatic rings. The van der Waals surface area contributed by atoms with Crippen molar-refractivity contribution in [3.05, 3.63) is 17.7 Å². The lowest BCUT2D eigenvalue weighted by molar-refractivity contribution is 0.174. The highest BCUT2D eigenvalue weighted by Gasteiger charge is 2.49. The first-order valence-electron chi connectivity index (χ1n) is 7.41. The van der Waals surface area contributed by atoms with E-state index in [0.29, 0.717) is 23.5 Å². The molecular formula is C14H17NO6S2. The SMILES string of the molecule is Cc1cc2c(cc1S(=O)(=O)N1C[C@@H]3CCS(=O)(=O)[C@@H]3C1)OCO2. The predicted octanol–water partition coefficient (Wildman–Crippen LogP) is 0.531. The Hall–Kier alpha value is -1.32. The standard InChI is InChI=1S/C14H17NO6S2/c1-9-4-11-12(21-8-20-11)5-13(9)23(18,19)15-6-10-2-3-22(16,17)14(10)7-15/h4-5,10,14H,2-3,6-8H2,1H3/t10-,14+/m0/s1. The van der Waals surface area contributed by atoms with Crippen molar-refractivity contribution in [2.75, 3.05) is 25.6 Å². The zero-order chi connectivity index (χ0) is 16.4. The number of nitrogens with zero attached hydrogens (tertiary/aromatic N) is 1. The van der Waals surface area contributed by atoms with Gasteiger partial charge in [-0.25, -0.2) is 16.8 Å². The van der Waals surface area contributed by atoms with Crippen molar-refractivity contribution in [1.82, 2.24) is 4.31 Å². The molecule has 7 nitrogen and oxygen atoms in total. The summed E-state index contributed by atoms with van der Waals surface area (Å²) in [6.07, 6.45) is 0.541. The molecule has 2 saturated heterocycles. The molecule has 0 radical (unpaired) electrons. The van der Waals surface area contributed by atoms with E-state index in [-0.39, 0.29) is 36.4 Å². The fourth-order valence-electron chi connectivity index (χ4n) is 3.59. The van der Waals surface area contributed by atoms with Crippen LogP contribution in [0.2, 0.25) is 0 Å². The molecule has 1 aromatic rings. The molecule has 0 N–H and O–H groups in total. The van der Waals surface area contributed by atoms with Gasteiger partial charge in [-0.1, -0.05) is 0 Å². The summed E-state index contributed by atoms with van der Waals surface area (Å²) in [6, 6.07) is 3.11. The van der Waals surface area contributed by atoms with Crippen molar-refractivity contribution >= 4 is 19.9 Å². The molecule has 0 aliphatic carbocycles. The first-order valence-corrected chi connectivity index (χ1v) is 10.6. The minimum atomic E-state index is -3.75. The van der Waals surface area contributed by atoms with Gasteiger partial charge in [-0.2, -0.15) is 4.31 Å². The third kappa shape index (κ3) is 2.25. The number of hydrogen-bond donors (Lipinski definition) is 0. The minimum Gasteiger partial charge on any atom is -0.454 e.